The first kappa shape index (κ1) is 21.1. The Bertz CT molecular complexity index is 1420. The minimum Gasteiger partial charge on any atom is -0.343 e. The van der Waals surface area contributed by atoms with E-state index in [9.17, 15) is 14.0 Å². The van der Waals surface area contributed by atoms with Crippen LogP contribution in [0.4, 0.5) is 4.39 Å². The van der Waals surface area contributed by atoms with Crippen LogP contribution in [0.2, 0.25) is 0 Å². The van der Waals surface area contributed by atoms with Gasteiger partial charge in [-0.15, -0.1) is 0 Å². The maximum absolute atomic E-state index is 13.3. The van der Waals surface area contributed by atoms with Crippen molar-refractivity contribution >= 4 is 16.7 Å². The molecule has 0 saturated heterocycles. The Morgan fingerprint density at radius 1 is 1.03 bits per heavy atom. The molecule has 1 amide bonds. The SMILES string of the molecule is Cc1c2cnn(CC(=O)N3CCc4ccccc4C3)c(=O)c2c(C)n1Cc1ccc(F)cc1. The molecule has 0 radical (unpaired) electrons. The van der Waals surface area contributed by atoms with Crippen molar-refractivity contribution in [3.05, 3.63) is 99.0 Å². The smallest absolute Gasteiger partial charge is 0.276 e. The predicted octanol–water partition coefficient (Wildman–Crippen LogP) is 3.59. The maximum Gasteiger partial charge on any atom is 0.276 e. The van der Waals surface area contributed by atoms with Crippen molar-refractivity contribution in [2.75, 3.05) is 6.54 Å². The number of rotatable bonds is 4. The second kappa shape index (κ2) is 8.31. The lowest BCUT2D eigenvalue weighted by Gasteiger charge is -2.28. The van der Waals surface area contributed by atoms with Gasteiger partial charge in [-0.2, -0.15) is 5.10 Å². The van der Waals surface area contributed by atoms with Gasteiger partial charge >= 0.3 is 0 Å². The first-order valence-electron chi connectivity index (χ1n) is 11.1. The zero-order valence-corrected chi connectivity index (χ0v) is 18.7. The van der Waals surface area contributed by atoms with Crippen LogP contribution in [0.15, 0.2) is 59.5 Å². The Morgan fingerprint density at radius 3 is 2.52 bits per heavy atom. The highest BCUT2D eigenvalue weighted by molar-refractivity contribution is 5.87. The van der Waals surface area contributed by atoms with E-state index in [-0.39, 0.29) is 23.8 Å². The number of amides is 1. The van der Waals surface area contributed by atoms with E-state index >= 15 is 0 Å². The van der Waals surface area contributed by atoms with Crippen molar-refractivity contribution in [1.82, 2.24) is 19.2 Å². The van der Waals surface area contributed by atoms with Crippen molar-refractivity contribution in [2.45, 2.75) is 39.9 Å². The number of carbonyl (C=O) groups is 1. The number of halogens is 1. The molecule has 7 heteroatoms. The molecule has 0 unspecified atom stereocenters. The minimum atomic E-state index is -0.279. The fourth-order valence-electron chi connectivity index (χ4n) is 4.70. The second-order valence-electron chi connectivity index (χ2n) is 8.61. The van der Waals surface area contributed by atoms with E-state index in [0.717, 1.165) is 34.3 Å². The summed E-state index contributed by atoms with van der Waals surface area (Å²) in [7, 11) is 0. The van der Waals surface area contributed by atoms with Gasteiger partial charge in [-0.3, -0.25) is 9.59 Å². The summed E-state index contributed by atoms with van der Waals surface area (Å²) in [5.41, 5.74) is 4.83. The van der Waals surface area contributed by atoms with Crippen molar-refractivity contribution in [3.8, 4) is 0 Å². The number of benzene rings is 2. The Labute approximate surface area is 190 Å². The van der Waals surface area contributed by atoms with E-state index in [1.807, 2.05) is 36.6 Å². The molecule has 6 nitrogen and oxygen atoms in total. The molecule has 2 aromatic heterocycles. The molecule has 33 heavy (non-hydrogen) atoms. The lowest BCUT2D eigenvalue weighted by molar-refractivity contribution is -0.133. The van der Waals surface area contributed by atoms with Crippen LogP contribution >= 0.6 is 0 Å². The third kappa shape index (κ3) is 3.84. The molecule has 1 aliphatic heterocycles. The molecule has 0 spiro atoms. The van der Waals surface area contributed by atoms with Gasteiger partial charge in [0.15, 0.2) is 0 Å². The molecule has 0 fully saturated rings. The molecule has 4 aromatic rings. The topological polar surface area (TPSA) is 60.1 Å². The van der Waals surface area contributed by atoms with Crippen molar-refractivity contribution in [3.63, 3.8) is 0 Å². The number of hydrogen-bond donors (Lipinski definition) is 0. The lowest BCUT2D eigenvalue weighted by atomic mass is 10.00. The molecule has 0 saturated carbocycles. The van der Waals surface area contributed by atoms with Crippen LogP contribution < -0.4 is 5.56 Å². The molecule has 168 valence electrons. The van der Waals surface area contributed by atoms with E-state index in [1.165, 1.54) is 22.4 Å². The van der Waals surface area contributed by atoms with Gasteiger partial charge in [-0.1, -0.05) is 36.4 Å². The van der Waals surface area contributed by atoms with Gasteiger partial charge in [0, 0.05) is 36.4 Å². The summed E-state index contributed by atoms with van der Waals surface area (Å²) in [6.45, 7) is 5.47. The van der Waals surface area contributed by atoms with E-state index in [0.29, 0.717) is 25.0 Å². The summed E-state index contributed by atoms with van der Waals surface area (Å²) in [5.74, 6) is -0.391. The van der Waals surface area contributed by atoms with Gasteiger partial charge in [-0.05, 0) is 49.1 Å². The van der Waals surface area contributed by atoms with Crippen molar-refractivity contribution < 1.29 is 9.18 Å². The fraction of sp³-hybridized carbons (Fsp3) is 0.269. The fourth-order valence-corrected chi connectivity index (χ4v) is 4.70. The summed E-state index contributed by atoms with van der Waals surface area (Å²) >= 11 is 0. The summed E-state index contributed by atoms with van der Waals surface area (Å²) < 4.78 is 16.6. The van der Waals surface area contributed by atoms with Gasteiger partial charge in [-0.25, -0.2) is 9.07 Å². The third-order valence-corrected chi connectivity index (χ3v) is 6.63. The monoisotopic (exact) mass is 444 g/mol. The summed E-state index contributed by atoms with van der Waals surface area (Å²) in [6, 6.07) is 14.5. The Hall–Kier alpha value is -3.74. The average molecular weight is 445 g/mol. The average Bonchev–Trinajstić information content (AvgIpc) is 3.07. The Morgan fingerprint density at radius 2 is 1.76 bits per heavy atom. The highest BCUT2D eigenvalue weighted by Crippen LogP contribution is 2.23. The molecule has 0 N–H and O–H groups in total. The standard InChI is InChI=1S/C26H25FN4O2/c1-17-23-13-28-31(16-24(32)29-12-11-20-5-3-4-6-21(20)15-29)26(33)25(23)18(2)30(17)14-19-7-9-22(27)10-8-19/h3-10,13H,11-12,14-16H2,1-2H3. The van der Waals surface area contributed by atoms with Crippen LogP contribution in [-0.2, 0) is 30.8 Å². The molecule has 0 bridgehead atoms. The number of fused-ring (bicyclic) bond motifs is 2. The van der Waals surface area contributed by atoms with Crippen LogP contribution in [0.3, 0.4) is 0 Å². The second-order valence-corrected chi connectivity index (χ2v) is 8.61. The van der Waals surface area contributed by atoms with Gasteiger partial charge in [0.1, 0.15) is 12.4 Å². The normalized spacial score (nSPS) is 13.4. The van der Waals surface area contributed by atoms with E-state index in [4.69, 9.17) is 0 Å². The number of aromatic nitrogens is 3. The third-order valence-electron chi connectivity index (χ3n) is 6.63. The quantitative estimate of drug-likeness (QED) is 0.483. The highest BCUT2D eigenvalue weighted by Gasteiger charge is 2.22. The van der Waals surface area contributed by atoms with Crippen LogP contribution in [0.1, 0.15) is 28.1 Å². The van der Waals surface area contributed by atoms with E-state index in [1.54, 1.807) is 23.2 Å². The van der Waals surface area contributed by atoms with E-state index in [2.05, 4.69) is 11.2 Å². The van der Waals surface area contributed by atoms with Gasteiger partial charge in [0.2, 0.25) is 5.91 Å². The number of carbonyl (C=O) groups excluding carboxylic acids is 1. The van der Waals surface area contributed by atoms with Crippen LogP contribution in [0, 0.1) is 19.7 Å². The molecular formula is C26H25FN4O2. The van der Waals surface area contributed by atoms with Gasteiger partial charge in [0.05, 0.1) is 11.6 Å². The van der Waals surface area contributed by atoms with Gasteiger partial charge in [0.25, 0.3) is 5.56 Å². The zero-order valence-electron chi connectivity index (χ0n) is 18.7. The van der Waals surface area contributed by atoms with Crippen LogP contribution in [0.25, 0.3) is 10.8 Å². The summed E-state index contributed by atoms with van der Waals surface area (Å²) in [6.07, 6.45) is 2.48. The van der Waals surface area contributed by atoms with Crippen LogP contribution in [0.5, 0.6) is 0 Å². The first-order valence-corrected chi connectivity index (χ1v) is 11.1. The maximum atomic E-state index is 13.3. The number of aryl methyl sites for hydroxylation is 2. The minimum absolute atomic E-state index is 0.0848. The summed E-state index contributed by atoms with van der Waals surface area (Å²) in [5, 5.41) is 5.66. The molecule has 2 aromatic carbocycles. The van der Waals surface area contributed by atoms with E-state index < -0.39 is 0 Å². The number of hydrogen-bond acceptors (Lipinski definition) is 3. The van der Waals surface area contributed by atoms with Crippen molar-refractivity contribution in [1.29, 1.82) is 0 Å². The molecule has 0 atom stereocenters. The first-order chi connectivity index (χ1) is 15.9. The highest BCUT2D eigenvalue weighted by atomic mass is 19.1. The van der Waals surface area contributed by atoms with Gasteiger partial charge < -0.3 is 9.47 Å². The Balaban J connectivity index is 1.42. The summed E-state index contributed by atoms with van der Waals surface area (Å²) in [4.78, 5) is 28.1. The molecular weight excluding hydrogens is 419 g/mol. The zero-order chi connectivity index (χ0) is 23.1. The molecule has 3 heterocycles. The Kier molecular flexibility index (Phi) is 5.32. The molecule has 1 aliphatic rings. The number of nitrogens with zero attached hydrogens (tertiary/aromatic N) is 4. The molecule has 0 aliphatic carbocycles. The molecule has 5 rings (SSSR count). The van der Waals surface area contributed by atoms with Crippen molar-refractivity contribution in [2.24, 2.45) is 0 Å². The van der Waals surface area contributed by atoms with Crippen LogP contribution in [-0.4, -0.2) is 31.7 Å². The predicted molar refractivity (Wildman–Crippen MR) is 125 cm³/mol. The lowest BCUT2D eigenvalue weighted by Crippen LogP contribution is -2.40. The largest absolute Gasteiger partial charge is 0.343 e.